The van der Waals surface area contributed by atoms with Crippen LogP contribution in [0, 0.1) is 5.92 Å². The minimum atomic E-state index is -4.12. The first-order valence-electron chi connectivity index (χ1n) is 3.42. The molecule has 0 aromatic heterocycles. The van der Waals surface area contributed by atoms with E-state index in [1.54, 1.807) is 0 Å². The Kier molecular flexibility index (Phi) is 4.30. The van der Waals surface area contributed by atoms with Crippen molar-refractivity contribution in [2.24, 2.45) is 11.7 Å². The molecule has 0 bridgehead atoms. The number of hydrogen-bond acceptors (Lipinski definition) is 2. The van der Waals surface area contributed by atoms with Crippen LogP contribution in [0.15, 0.2) is 0 Å². The Bertz CT molecular complexity index is 141. The third-order valence-corrected chi connectivity index (χ3v) is 1.81. The summed E-state index contributed by atoms with van der Waals surface area (Å²) in [6.45, 7) is -0.0576. The molecular weight excluding hydrogens is 195 g/mol. The number of ether oxygens (including phenoxy) is 1. The predicted octanol–water partition coefficient (Wildman–Crippen LogP) is 1.33. The fourth-order valence-electron chi connectivity index (χ4n) is 1.10. The van der Waals surface area contributed by atoms with E-state index in [0.717, 1.165) is 0 Å². The summed E-state index contributed by atoms with van der Waals surface area (Å²) in [6, 6.07) is 0. The van der Waals surface area contributed by atoms with Gasteiger partial charge in [0.1, 0.15) is 0 Å². The number of halogens is 4. The molecule has 2 atom stereocenters. The van der Waals surface area contributed by atoms with Crippen LogP contribution in [0.3, 0.4) is 0 Å². The summed E-state index contributed by atoms with van der Waals surface area (Å²) >= 11 is 0. The molecule has 2 nitrogen and oxygen atoms in total. The van der Waals surface area contributed by atoms with Gasteiger partial charge >= 0.3 is 6.18 Å². The third kappa shape index (κ3) is 2.80. The highest BCUT2D eigenvalue weighted by atomic mass is 35.5. The average molecular weight is 206 g/mol. The molecule has 0 amide bonds. The molecule has 1 saturated heterocycles. The monoisotopic (exact) mass is 205 g/mol. The number of alkyl halides is 3. The first-order chi connectivity index (χ1) is 5.04. The standard InChI is InChI=1S/C6H10F3NO.ClH/c7-6(8,9)4-1-5(2-10)11-3-4;/h4-5H,1-3,10H2;1H. The highest BCUT2D eigenvalue weighted by Crippen LogP contribution is 2.34. The van der Waals surface area contributed by atoms with Crippen molar-refractivity contribution in [1.82, 2.24) is 0 Å². The molecule has 1 aliphatic heterocycles. The smallest absolute Gasteiger partial charge is 0.376 e. The molecule has 2 unspecified atom stereocenters. The van der Waals surface area contributed by atoms with Gasteiger partial charge in [0, 0.05) is 6.54 Å². The van der Waals surface area contributed by atoms with Crippen molar-refractivity contribution in [3.63, 3.8) is 0 Å². The summed E-state index contributed by atoms with van der Waals surface area (Å²) in [4.78, 5) is 0. The van der Waals surface area contributed by atoms with E-state index in [0.29, 0.717) is 0 Å². The van der Waals surface area contributed by atoms with Gasteiger partial charge in [0.2, 0.25) is 0 Å². The van der Waals surface area contributed by atoms with Crippen LogP contribution >= 0.6 is 12.4 Å². The first kappa shape index (κ1) is 12.0. The molecule has 1 rings (SSSR count). The molecule has 12 heavy (non-hydrogen) atoms. The second-order valence-electron chi connectivity index (χ2n) is 2.67. The van der Waals surface area contributed by atoms with Crippen LogP contribution in [0.2, 0.25) is 0 Å². The van der Waals surface area contributed by atoms with E-state index in [9.17, 15) is 13.2 Å². The van der Waals surface area contributed by atoms with Gasteiger partial charge < -0.3 is 10.5 Å². The summed E-state index contributed by atoms with van der Waals surface area (Å²) < 4.78 is 40.6. The molecule has 0 spiro atoms. The molecule has 1 heterocycles. The SMILES string of the molecule is Cl.NCC1CC(C(F)(F)F)CO1. The van der Waals surface area contributed by atoms with Crippen LogP contribution < -0.4 is 5.73 Å². The summed E-state index contributed by atoms with van der Waals surface area (Å²) in [5.74, 6) is -1.31. The van der Waals surface area contributed by atoms with Crippen molar-refractivity contribution in [2.75, 3.05) is 13.2 Å². The largest absolute Gasteiger partial charge is 0.394 e. The van der Waals surface area contributed by atoms with Crippen LogP contribution in [0.5, 0.6) is 0 Å². The maximum atomic E-state index is 11.9. The van der Waals surface area contributed by atoms with Gasteiger partial charge in [0.05, 0.1) is 18.6 Å². The van der Waals surface area contributed by atoms with E-state index in [1.165, 1.54) is 0 Å². The zero-order valence-corrected chi connectivity index (χ0v) is 7.12. The van der Waals surface area contributed by atoms with Crippen molar-refractivity contribution in [3.8, 4) is 0 Å². The van der Waals surface area contributed by atoms with Crippen molar-refractivity contribution >= 4 is 12.4 Å². The minimum Gasteiger partial charge on any atom is -0.376 e. The number of hydrogen-bond donors (Lipinski definition) is 1. The molecule has 2 N–H and O–H groups in total. The Morgan fingerprint density at radius 2 is 2.00 bits per heavy atom. The molecule has 0 saturated carbocycles. The Balaban J connectivity index is 0.00000121. The molecule has 74 valence electrons. The normalized spacial score (nSPS) is 30.0. The maximum Gasteiger partial charge on any atom is 0.394 e. The van der Waals surface area contributed by atoms with E-state index in [-0.39, 0.29) is 32.0 Å². The van der Waals surface area contributed by atoms with Crippen molar-refractivity contribution < 1.29 is 17.9 Å². The van der Waals surface area contributed by atoms with Gasteiger partial charge in [-0.2, -0.15) is 13.2 Å². The zero-order chi connectivity index (χ0) is 8.48. The lowest BCUT2D eigenvalue weighted by Crippen LogP contribution is -2.24. The van der Waals surface area contributed by atoms with Gasteiger partial charge in [-0.1, -0.05) is 0 Å². The summed E-state index contributed by atoms with van der Waals surface area (Å²) in [6.07, 6.45) is -4.51. The summed E-state index contributed by atoms with van der Waals surface area (Å²) in [5, 5.41) is 0. The number of rotatable bonds is 1. The van der Waals surface area contributed by atoms with Crippen molar-refractivity contribution in [1.29, 1.82) is 0 Å². The molecule has 0 radical (unpaired) electrons. The van der Waals surface area contributed by atoms with Crippen molar-refractivity contribution in [3.05, 3.63) is 0 Å². The maximum absolute atomic E-state index is 11.9. The molecule has 0 aliphatic carbocycles. The van der Waals surface area contributed by atoms with Crippen LogP contribution in [0.4, 0.5) is 13.2 Å². The van der Waals surface area contributed by atoms with E-state index >= 15 is 0 Å². The lowest BCUT2D eigenvalue weighted by atomic mass is 10.1. The quantitative estimate of drug-likeness (QED) is 0.701. The van der Waals surface area contributed by atoms with Crippen LogP contribution in [-0.4, -0.2) is 25.4 Å². The van der Waals surface area contributed by atoms with Gasteiger partial charge in [0.25, 0.3) is 0 Å². The van der Waals surface area contributed by atoms with Crippen LogP contribution in [-0.2, 0) is 4.74 Å². The Morgan fingerprint density at radius 3 is 2.25 bits per heavy atom. The lowest BCUT2D eigenvalue weighted by molar-refractivity contribution is -0.173. The predicted molar refractivity (Wildman–Crippen MR) is 40.2 cm³/mol. The van der Waals surface area contributed by atoms with Gasteiger partial charge in [-0.25, -0.2) is 0 Å². The van der Waals surface area contributed by atoms with Crippen molar-refractivity contribution in [2.45, 2.75) is 18.7 Å². The molecule has 6 heteroatoms. The van der Waals surface area contributed by atoms with E-state index < -0.39 is 18.2 Å². The molecule has 1 fully saturated rings. The first-order valence-corrected chi connectivity index (χ1v) is 3.42. The fraction of sp³-hybridized carbons (Fsp3) is 1.00. The van der Waals surface area contributed by atoms with E-state index in [4.69, 9.17) is 10.5 Å². The molecule has 1 aliphatic rings. The molecular formula is C6H11ClF3NO. The summed E-state index contributed by atoms with van der Waals surface area (Å²) in [5.41, 5.74) is 5.15. The van der Waals surface area contributed by atoms with Crippen LogP contribution in [0.25, 0.3) is 0 Å². The summed E-state index contributed by atoms with van der Waals surface area (Å²) in [7, 11) is 0. The van der Waals surface area contributed by atoms with Gasteiger partial charge in [0.15, 0.2) is 0 Å². The lowest BCUT2D eigenvalue weighted by Gasteiger charge is -2.11. The third-order valence-electron chi connectivity index (χ3n) is 1.81. The second kappa shape index (κ2) is 4.30. The fourth-order valence-corrected chi connectivity index (χ4v) is 1.10. The topological polar surface area (TPSA) is 35.2 Å². The van der Waals surface area contributed by atoms with E-state index in [2.05, 4.69) is 0 Å². The Labute approximate surface area is 74.7 Å². The highest BCUT2D eigenvalue weighted by molar-refractivity contribution is 5.85. The Morgan fingerprint density at radius 1 is 1.42 bits per heavy atom. The second-order valence-corrected chi connectivity index (χ2v) is 2.67. The number of nitrogens with two attached hydrogens (primary N) is 1. The highest BCUT2D eigenvalue weighted by Gasteiger charge is 2.44. The minimum absolute atomic E-state index is 0. The van der Waals surface area contributed by atoms with Gasteiger partial charge in [-0.3, -0.25) is 0 Å². The van der Waals surface area contributed by atoms with Crippen LogP contribution in [0.1, 0.15) is 6.42 Å². The zero-order valence-electron chi connectivity index (χ0n) is 6.30. The van der Waals surface area contributed by atoms with E-state index in [1.807, 2.05) is 0 Å². The molecule has 0 aromatic rings. The van der Waals surface area contributed by atoms with Gasteiger partial charge in [-0.15, -0.1) is 12.4 Å². The molecule has 0 aromatic carbocycles. The Hall–Kier alpha value is -0.0000000000000000486. The van der Waals surface area contributed by atoms with Gasteiger partial charge in [-0.05, 0) is 6.42 Å². The average Bonchev–Trinajstić information content (AvgIpc) is 2.32.